The minimum Gasteiger partial charge on any atom is -0.481 e. The van der Waals surface area contributed by atoms with Crippen LogP contribution in [0.3, 0.4) is 0 Å². The molecule has 0 saturated carbocycles. The highest BCUT2D eigenvalue weighted by atomic mass is 32.1. The van der Waals surface area contributed by atoms with Gasteiger partial charge in [0.1, 0.15) is 16.6 Å². The Hall–Kier alpha value is -1.86. The van der Waals surface area contributed by atoms with Crippen molar-refractivity contribution in [2.45, 2.75) is 19.4 Å². The molecule has 1 saturated heterocycles. The van der Waals surface area contributed by atoms with Crippen LogP contribution in [0.2, 0.25) is 0 Å². The van der Waals surface area contributed by atoms with Crippen molar-refractivity contribution in [1.29, 1.82) is 0 Å². The summed E-state index contributed by atoms with van der Waals surface area (Å²) in [5.41, 5.74) is 0.171. The van der Waals surface area contributed by atoms with Crippen LogP contribution in [0.1, 0.15) is 17.8 Å². The van der Waals surface area contributed by atoms with Crippen LogP contribution >= 0.6 is 11.3 Å². The molecule has 7 heteroatoms. The van der Waals surface area contributed by atoms with E-state index >= 15 is 0 Å². The maximum absolute atomic E-state index is 13.8. The average molecular weight is 338 g/mol. The van der Waals surface area contributed by atoms with Crippen molar-refractivity contribution in [2.24, 2.45) is 5.92 Å². The van der Waals surface area contributed by atoms with E-state index in [0.717, 1.165) is 18.0 Å². The number of carboxylic acids is 1. The fourth-order valence-corrected chi connectivity index (χ4v) is 3.66. The Kier molecular flexibility index (Phi) is 4.68. The largest absolute Gasteiger partial charge is 0.481 e. The van der Waals surface area contributed by atoms with E-state index < -0.39 is 17.6 Å². The molecule has 1 fully saturated rings. The summed E-state index contributed by atoms with van der Waals surface area (Å²) in [6.45, 7) is 1.80. The number of nitrogens with zero attached hydrogens (tertiary/aromatic N) is 2. The first kappa shape index (κ1) is 16.0. The average Bonchev–Trinajstić information content (AvgIpc) is 2.95. The number of halogens is 2. The Labute approximate surface area is 136 Å². The Morgan fingerprint density at radius 1 is 1.39 bits per heavy atom. The molecule has 0 bridgehead atoms. The number of hydrogen-bond acceptors (Lipinski definition) is 4. The zero-order valence-electron chi connectivity index (χ0n) is 12.3. The predicted octanol–water partition coefficient (Wildman–Crippen LogP) is 3.38. The summed E-state index contributed by atoms with van der Waals surface area (Å²) in [6.07, 6.45) is 1.52. The van der Waals surface area contributed by atoms with Crippen molar-refractivity contribution in [2.75, 3.05) is 13.1 Å². The van der Waals surface area contributed by atoms with Crippen molar-refractivity contribution in [3.8, 4) is 11.3 Å². The molecule has 1 aliphatic heterocycles. The lowest BCUT2D eigenvalue weighted by Gasteiger charge is -2.29. The van der Waals surface area contributed by atoms with Gasteiger partial charge in [0.15, 0.2) is 0 Å². The smallest absolute Gasteiger partial charge is 0.307 e. The van der Waals surface area contributed by atoms with E-state index in [-0.39, 0.29) is 17.2 Å². The molecule has 1 atom stereocenters. The molecule has 23 heavy (non-hydrogen) atoms. The van der Waals surface area contributed by atoms with Crippen LogP contribution in [0.4, 0.5) is 8.78 Å². The second-order valence-corrected chi connectivity index (χ2v) is 6.58. The van der Waals surface area contributed by atoms with Crippen molar-refractivity contribution in [3.05, 3.63) is 40.2 Å². The molecule has 4 nitrogen and oxygen atoms in total. The molecule has 1 aliphatic rings. The normalized spacial score (nSPS) is 19.0. The van der Waals surface area contributed by atoms with Crippen LogP contribution in [0.25, 0.3) is 11.3 Å². The number of benzene rings is 1. The Bertz CT molecular complexity index is 700. The number of hydrogen-bond donors (Lipinski definition) is 1. The molecule has 0 aliphatic carbocycles. The SMILES string of the molecule is O=C(O)C1CCCN(Cc2nc(-c3c(F)cccc3F)cs2)C1. The van der Waals surface area contributed by atoms with Gasteiger partial charge in [-0.05, 0) is 31.5 Å². The molecule has 0 radical (unpaired) electrons. The summed E-state index contributed by atoms with van der Waals surface area (Å²) in [6, 6.07) is 3.74. The Morgan fingerprint density at radius 2 is 2.13 bits per heavy atom. The second-order valence-electron chi connectivity index (χ2n) is 5.64. The summed E-state index contributed by atoms with van der Waals surface area (Å²) < 4.78 is 27.6. The van der Waals surface area contributed by atoms with E-state index in [9.17, 15) is 13.6 Å². The van der Waals surface area contributed by atoms with Crippen LogP contribution in [-0.2, 0) is 11.3 Å². The molecule has 1 aromatic carbocycles. The van der Waals surface area contributed by atoms with Gasteiger partial charge in [-0.2, -0.15) is 0 Å². The van der Waals surface area contributed by atoms with Gasteiger partial charge in [-0.25, -0.2) is 13.8 Å². The fourth-order valence-electron chi connectivity index (χ4n) is 2.83. The molecule has 122 valence electrons. The number of likely N-dealkylation sites (tertiary alicyclic amines) is 1. The van der Waals surface area contributed by atoms with Crippen LogP contribution in [0.15, 0.2) is 23.6 Å². The maximum atomic E-state index is 13.8. The van der Waals surface area contributed by atoms with E-state index in [1.54, 1.807) is 5.38 Å². The van der Waals surface area contributed by atoms with Gasteiger partial charge < -0.3 is 5.11 Å². The standard InChI is InChI=1S/C16H16F2N2O2S/c17-11-4-1-5-12(18)15(11)13-9-23-14(19-13)8-20-6-2-3-10(7-20)16(21)22/h1,4-5,9-10H,2-3,6-8H2,(H,21,22). The van der Waals surface area contributed by atoms with Gasteiger partial charge in [0, 0.05) is 11.9 Å². The lowest BCUT2D eigenvalue weighted by Crippen LogP contribution is -2.38. The summed E-state index contributed by atoms with van der Waals surface area (Å²) in [4.78, 5) is 17.4. The number of aliphatic carboxylic acids is 1. The lowest BCUT2D eigenvalue weighted by molar-refractivity contribution is -0.143. The van der Waals surface area contributed by atoms with Crippen LogP contribution in [0.5, 0.6) is 0 Å². The third-order valence-corrected chi connectivity index (χ3v) is 4.82. The molecular weight excluding hydrogens is 322 g/mol. The van der Waals surface area contributed by atoms with Crippen LogP contribution in [-0.4, -0.2) is 34.0 Å². The van der Waals surface area contributed by atoms with E-state index in [4.69, 9.17) is 5.11 Å². The summed E-state index contributed by atoms with van der Waals surface area (Å²) in [5.74, 6) is -2.40. The maximum Gasteiger partial charge on any atom is 0.307 e. The first-order chi connectivity index (χ1) is 11.0. The number of carbonyl (C=O) groups is 1. The summed E-state index contributed by atoms with van der Waals surface area (Å²) in [5, 5.41) is 11.5. The van der Waals surface area contributed by atoms with Crippen molar-refractivity contribution < 1.29 is 18.7 Å². The van der Waals surface area contributed by atoms with Gasteiger partial charge in [-0.3, -0.25) is 9.69 Å². The highest BCUT2D eigenvalue weighted by Gasteiger charge is 2.26. The zero-order chi connectivity index (χ0) is 16.4. The minimum atomic E-state index is -0.775. The predicted molar refractivity (Wildman–Crippen MR) is 83.1 cm³/mol. The van der Waals surface area contributed by atoms with Crippen molar-refractivity contribution in [1.82, 2.24) is 9.88 Å². The molecule has 0 spiro atoms. The highest BCUT2D eigenvalue weighted by Crippen LogP contribution is 2.28. The number of aromatic nitrogens is 1. The molecule has 2 heterocycles. The van der Waals surface area contributed by atoms with E-state index in [2.05, 4.69) is 4.98 Å². The zero-order valence-corrected chi connectivity index (χ0v) is 13.2. The van der Waals surface area contributed by atoms with E-state index in [1.165, 1.54) is 29.5 Å². The monoisotopic (exact) mass is 338 g/mol. The third-order valence-electron chi connectivity index (χ3n) is 3.98. The van der Waals surface area contributed by atoms with Gasteiger partial charge >= 0.3 is 5.97 Å². The summed E-state index contributed by atoms with van der Waals surface area (Å²) >= 11 is 1.33. The van der Waals surface area contributed by atoms with Crippen LogP contribution in [0, 0.1) is 17.6 Å². The highest BCUT2D eigenvalue weighted by molar-refractivity contribution is 7.09. The molecule has 3 rings (SSSR count). The van der Waals surface area contributed by atoms with Gasteiger partial charge in [0.05, 0.1) is 23.7 Å². The van der Waals surface area contributed by atoms with Crippen LogP contribution < -0.4 is 0 Å². The number of thiazole rings is 1. The topological polar surface area (TPSA) is 53.4 Å². The molecule has 1 N–H and O–H groups in total. The minimum absolute atomic E-state index is 0.114. The number of rotatable bonds is 4. The van der Waals surface area contributed by atoms with Gasteiger partial charge in [-0.1, -0.05) is 6.07 Å². The lowest BCUT2D eigenvalue weighted by atomic mass is 9.98. The quantitative estimate of drug-likeness (QED) is 0.928. The molecule has 1 aromatic heterocycles. The third kappa shape index (κ3) is 3.56. The van der Waals surface area contributed by atoms with Gasteiger partial charge in [0.25, 0.3) is 0 Å². The second kappa shape index (κ2) is 6.72. The Morgan fingerprint density at radius 3 is 2.83 bits per heavy atom. The molecule has 1 unspecified atom stereocenters. The fraction of sp³-hybridized carbons (Fsp3) is 0.375. The van der Waals surface area contributed by atoms with Gasteiger partial charge in [0.2, 0.25) is 0 Å². The summed E-state index contributed by atoms with van der Waals surface area (Å²) in [7, 11) is 0. The number of carboxylic acid groups (broad SMARTS) is 1. The van der Waals surface area contributed by atoms with Crippen molar-refractivity contribution >= 4 is 17.3 Å². The number of piperidine rings is 1. The van der Waals surface area contributed by atoms with E-state index in [0.29, 0.717) is 19.5 Å². The Balaban J connectivity index is 1.74. The first-order valence-electron chi connectivity index (χ1n) is 7.38. The van der Waals surface area contributed by atoms with E-state index in [1.807, 2.05) is 4.90 Å². The molecule has 2 aromatic rings. The first-order valence-corrected chi connectivity index (χ1v) is 8.26. The molecular formula is C16H16F2N2O2S. The molecule has 0 amide bonds. The van der Waals surface area contributed by atoms with Gasteiger partial charge in [-0.15, -0.1) is 11.3 Å². The van der Waals surface area contributed by atoms with Crippen molar-refractivity contribution in [3.63, 3.8) is 0 Å².